The number of aryl methyl sites for hydroxylation is 1. The van der Waals surface area contributed by atoms with Crippen molar-refractivity contribution in [3.05, 3.63) is 50.6 Å². The number of fused-ring (bicyclic) bond motifs is 3. The second-order valence-electron chi connectivity index (χ2n) is 9.00. The Hall–Kier alpha value is -2.16. The summed E-state index contributed by atoms with van der Waals surface area (Å²) in [6.45, 7) is 9.11. The van der Waals surface area contributed by atoms with Gasteiger partial charge in [-0.2, -0.15) is 0 Å². The van der Waals surface area contributed by atoms with Crippen molar-refractivity contribution in [1.29, 1.82) is 0 Å². The highest BCUT2D eigenvalue weighted by Crippen LogP contribution is 2.38. The Balaban J connectivity index is 1.73. The Kier molecular flexibility index (Phi) is 7.26. The molecular formula is C25H30N2O4S2. The quantitative estimate of drug-likeness (QED) is 0.183. The van der Waals surface area contributed by atoms with Gasteiger partial charge in [-0.1, -0.05) is 43.7 Å². The molecule has 0 saturated heterocycles. The van der Waals surface area contributed by atoms with Crippen molar-refractivity contribution in [2.24, 2.45) is 0 Å². The molecule has 33 heavy (non-hydrogen) atoms. The van der Waals surface area contributed by atoms with Gasteiger partial charge >= 0.3 is 5.97 Å². The average Bonchev–Trinajstić information content (AvgIpc) is 3.12. The number of rotatable bonds is 8. The summed E-state index contributed by atoms with van der Waals surface area (Å²) in [5.41, 5.74) is 2.42. The van der Waals surface area contributed by atoms with Gasteiger partial charge in [-0.25, -0.2) is 4.98 Å². The van der Waals surface area contributed by atoms with Gasteiger partial charge in [-0.15, -0.1) is 11.3 Å². The summed E-state index contributed by atoms with van der Waals surface area (Å²) in [6.07, 6.45) is 3.65. The Morgan fingerprint density at radius 1 is 1.33 bits per heavy atom. The minimum absolute atomic E-state index is 0.0976. The Morgan fingerprint density at radius 2 is 2.15 bits per heavy atom. The second-order valence-corrected chi connectivity index (χ2v) is 11.0. The molecule has 0 fully saturated rings. The summed E-state index contributed by atoms with van der Waals surface area (Å²) in [7, 11) is 0. The standard InChI is InChI=1S/C25H30N2O4S2/c1-5-6-7-11-30-20(28)15-32-24-26-22-21(18-13-25(3,4)31-14-19(18)33-22)23(29)27(24)17-10-8-9-16(2)12-17/h8-10,12H,5-7,11,13-15H2,1-4H3. The fourth-order valence-corrected chi connectivity index (χ4v) is 5.92. The lowest BCUT2D eigenvalue weighted by molar-refractivity contribution is -0.140. The van der Waals surface area contributed by atoms with E-state index in [2.05, 4.69) is 6.92 Å². The largest absolute Gasteiger partial charge is 0.465 e. The molecule has 6 nitrogen and oxygen atoms in total. The molecule has 0 saturated carbocycles. The van der Waals surface area contributed by atoms with E-state index in [1.165, 1.54) is 23.1 Å². The zero-order valence-electron chi connectivity index (χ0n) is 19.6. The zero-order chi connectivity index (χ0) is 23.6. The number of unbranched alkanes of at least 4 members (excludes halogenated alkanes) is 2. The Morgan fingerprint density at radius 3 is 2.91 bits per heavy atom. The van der Waals surface area contributed by atoms with E-state index >= 15 is 0 Å². The van der Waals surface area contributed by atoms with Gasteiger partial charge in [0.1, 0.15) is 4.83 Å². The molecule has 0 N–H and O–H groups in total. The maximum absolute atomic E-state index is 13.9. The van der Waals surface area contributed by atoms with E-state index in [4.69, 9.17) is 14.5 Å². The summed E-state index contributed by atoms with van der Waals surface area (Å²) in [6, 6.07) is 7.79. The lowest BCUT2D eigenvalue weighted by Crippen LogP contribution is -2.32. The first-order valence-electron chi connectivity index (χ1n) is 11.4. The number of thioether (sulfide) groups is 1. The maximum Gasteiger partial charge on any atom is 0.316 e. The lowest BCUT2D eigenvalue weighted by Gasteiger charge is -2.29. The molecule has 0 bridgehead atoms. The van der Waals surface area contributed by atoms with Crippen LogP contribution < -0.4 is 5.56 Å². The number of hydrogen-bond acceptors (Lipinski definition) is 7. The van der Waals surface area contributed by atoms with Crippen molar-refractivity contribution >= 4 is 39.3 Å². The Labute approximate surface area is 202 Å². The van der Waals surface area contributed by atoms with E-state index in [-0.39, 0.29) is 22.9 Å². The number of carbonyl (C=O) groups excluding carboxylic acids is 1. The molecule has 0 aliphatic carbocycles. The molecule has 2 aromatic heterocycles. The Bertz CT molecular complexity index is 1230. The van der Waals surface area contributed by atoms with Crippen LogP contribution in [-0.2, 0) is 27.3 Å². The van der Waals surface area contributed by atoms with Gasteiger partial charge in [0, 0.05) is 11.3 Å². The minimum Gasteiger partial charge on any atom is -0.465 e. The summed E-state index contributed by atoms with van der Waals surface area (Å²) in [5.74, 6) is -0.182. The predicted molar refractivity (Wildman–Crippen MR) is 134 cm³/mol. The predicted octanol–water partition coefficient (Wildman–Crippen LogP) is 5.43. The minimum atomic E-state index is -0.323. The summed E-state index contributed by atoms with van der Waals surface area (Å²) < 4.78 is 13.0. The third kappa shape index (κ3) is 5.34. The molecule has 0 amide bonds. The van der Waals surface area contributed by atoms with Crippen LogP contribution in [0.3, 0.4) is 0 Å². The highest BCUT2D eigenvalue weighted by molar-refractivity contribution is 7.99. The first-order chi connectivity index (χ1) is 15.8. The summed E-state index contributed by atoms with van der Waals surface area (Å²) in [5, 5.41) is 1.17. The smallest absolute Gasteiger partial charge is 0.316 e. The highest BCUT2D eigenvalue weighted by Gasteiger charge is 2.31. The van der Waals surface area contributed by atoms with Gasteiger partial charge in [-0.05, 0) is 50.5 Å². The molecule has 4 rings (SSSR count). The van der Waals surface area contributed by atoms with Gasteiger partial charge < -0.3 is 9.47 Å². The van der Waals surface area contributed by atoms with Crippen molar-refractivity contribution in [2.75, 3.05) is 12.4 Å². The SMILES string of the molecule is CCCCCOC(=O)CSc1nc2sc3c(c2c(=O)n1-c1cccc(C)c1)CC(C)(C)OC3. The first kappa shape index (κ1) is 24.0. The van der Waals surface area contributed by atoms with Crippen LogP contribution >= 0.6 is 23.1 Å². The molecule has 0 atom stereocenters. The third-order valence-corrected chi connectivity index (χ3v) is 7.68. The molecule has 1 aliphatic heterocycles. The van der Waals surface area contributed by atoms with Gasteiger partial charge in [0.25, 0.3) is 5.56 Å². The van der Waals surface area contributed by atoms with Crippen molar-refractivity contribution < 1.29 is 14.3 Å². The molecule has 1 aliphatic rings. The van der Waals surface area contributed by atoms with Crippen LogP contribution in [0.2, 0.25) is 0 Å². The zero-order valence-corrected chi connectivity index (χ0v) is 21.2. The fraction of sp³-hybridized carbons (Fsp3) is 0.480. The molecule has 8 heteroatoms. The van der Waals surface area contributed by atoms with E-state index in [1.54, 1.807) is 4.57 Å². The van der Waals surface area contributed by atoms with Crippen LogP contribution in [0, 0.1) is 6.92 Å². The third-order valence-electron chi connectivity index (χ3n) is 5.66. The first-order valence-corrected chi connectivity index (χ1v) is 13.2. The van der Waals surface area contributed by atoms with Crippen molar-refractivity contribution in [3.8, 4) is 5.69 Å². The normalized spacial score (nSPS) is 14.9. The topological polar surface area (TPSA) is 70.4 Å². The van der Waals surface area contributed by atoms with Gasteiger partial charge in [0.05, 0.1) is 35.6 Å². The summed E-state index contributed by atoms with van der Waals surface area (Å²) in [4.78, 5) is 32.8. The molecule has 176 valence electrons. The fourth-order valence-electron chi connectivity index (χ4n) is 3.97. The number of aromatic nitrogens is 2. The van der Waals surface area contributed by atoms with Crippen LogP contribution in [0.5, 0.6) is 0 Å². The number of benzene rings is 1. The molecule has 0 unspecified atom stereocenters. The van der Waals surface area contributed by atoms with E-state index in [1.807, 2.05) is 45.0 Å². The monoisotopic (exact) mass is 486 g/mol. The molecule has 3 aromatic rings. The van der Waals surface area contributed by atoms with E-state index in [9.17, 15) is 9.59 Å². The molecular weight excluding hydrogens is 456 g/mol. The number of nitrogens with zero attached hydrogens (tertiary/aromatic N) is 2. The molecule has 1 aromatic carbocycles. The number of hydrogen-bond donors (Lipinski definition) is 0. The number of ether oxygens (including phenoxy) is 2. The van der Waals surface area contributed by atoms with Crippen molar-refractivity contribution in [3.63, 3.8) is 0 Å². The van der Waals surface area contributed by atoms with E-state index in [0.29, 0.717) is 35.0 Å². The van der Waals surface area contributed by atoms with Crippen molar-refractivity contribution in [2.45, 2.75) is 70.7 Å². The van der Waals surface area contributed by atoms with Crippen LogP contribution in [0.4, 0.5) is 0 Å². The van der Waals surface area contributed by atoms with Crippen LogP contribution in [0.1, 0.15) is 56.0 Å². The van der Waals surface area contributed by atoms with Gasteiger partial charge in [-0.3, -0.25) is 14.2 Å². The van der Waals surface area contributed by atoms with Crippen LogP contribution in [-0.4, -0.2) is 33.5 Å². The molecule has 3 heterocycles. The van der Waals surface area contributed by atoms with Crippen LogP contribution in [0.25, 0.3) is 15.9 Å². The number of carbonyl (C=O) groups is 1. The van der Waals surface area contributed by atoms with E-state index in [0.717, 1.165) is 41.0 Å². The second kappa shape index (κ2) is 9.99. The van der Waals surface area contributed by atoms with Crippen LogP contribution in [0.15, 0.2) is 34.2 Å². The average molecular weight is 487 g/mol. The highest BCUT2D eigenvalue weighted by atomic mass is 32.2. The molecule has 0 spiro atoms. The van der Waals surface area contributed by atoms with Gasteiger partial charge in [0.2, 0.25) is 0 Å². The number of thiophene rings is 1. The molecule has 0 radical (unpaired) electrons. The summed E-state index contributed by atoms with van der Waals surface area (Å²) >= 11 is 2.76. The maximum atomic E-state index is 13.9. The van der Waals surface area contributed by atoms with E-state index < -0.39 is 0 Å². The number of esters is 1. The lowest BCUT2D eigenvalue weighted by atomic mass is 9.94. The van der Waals surface area contributed by atoms with Gasteiger partial charge in [0.15, 0.2) is 5.16 Å². The van der Waals surface area contributed by atoms with Crippen molar-refractivity contribution in [1.82, 2.24) is 9.55 Å².